The maximum Gasteiger partial charge on any atom is 0.146 e. The van der Waals surface area contributed by atoms with Crippen LogP contribution in [0.3, 0.4) is 0 Å². The molecular formula is C16H19FN2O. The van der Waals surface area contributed by atoms with Crippen LogP contribution in [-0.4, -0.2) is 12.7 Å². The van der Waals surface area contributed by atoms with E-state index in [9.17, 15) is 4.39 Å². The number of nitrogens with one attached hydrogen (secondary N) is 1. The third kappa shape index (κ3) is 2.50. The second-order valence-electron chi connectivity index (χ2n) is 5.19. The van der Waals surface area contributed by atoms with E-state index in [0.29, 0.717) is 5.69 Å². The minimum Gasteiger partial charge on any atom is -0.467 e. The quantitative estimate of drug-likeness (QED) is 0.911. The van der Waals surface area contributed by atoms with E-state index in [0.717, 1.165) is 37.3 Å². The summed E-state index contributed by atoms with van der Waals surface area (Å²) in [5, 5.41) is 3.47. The van der Waals surface area contributed by atoms with Crippen molar-refractivity contribution in [3.05, 3.63) is 48.2 Å². The molecule has 3 rings (SSSR count). The van der Waals surface area contributed by atoms with Gasteiger partial charge in [0.05, 0.1) is 23.8 Å². The molecule has 1 aromatic heterocycles. The second-order valence-corrected chi connectivity index (χ2v) is 5.19. The molecule has 2 heterocycles. The summed E-state index contributed by atoms with van der Waals surface area (Å²) < 4.78 is 19.3. The third-order valence-corrected chi connectivity index (χ3v) is 3.85. The van der Waals surface area contributed by atoms with Crippen molar-refractivity contribution >= 4 is 11.4 Å². The molecule has 1 aliphatic rings. The Bertz CT molecular complexity index is 581. The fraction of sp³-hybridized carbons (Fsp3) is 0.375. The van der Waals surface area contributed by atoms with E-state index < -0.39 is 0 Å². The molecular weight excluding hydrogens is 255 g/mol. The molecule has 1 atom stereocenters. The number of furan rings is 1. The molecule has 1 saturated heterocycles. The molecule has 0 bridgehead atoms. The normalized spacial score (nSPS) is 19.1. The first kappa shape index (κ1) is 13.0. The fourth-order valence-corrected chi connectivity index (χ4v) is 2.77. The molecule has 0 amide bonds. The number of benzene rings is 1. The molecule has 0 spiro atoms. The minimum atomic E-state index is -0.162. The maximum absolute atomic E-state index is 14.0. The minimum absolute atomic E-state index is 0.108. The summed E-state index contributed by atoms with van der Waals surface area (Å²) in [7, 11) is 0. The average molecular weight is 274 g/mol. The Hall–Kier alpha value is -1.97. The molecule has 0 radical (unpaired) electrons. The lowest BCUT2D eigenvalue weighted by atomic mass is 10.1. The molecule has 0 saturated carbocycles. The van der Waals surface area contributed by atoms with Gasteiger partial charge in [0, 0.05) is 6.54 Å². The number of hydrogen-bond acceptors (Lipinski definition) is 3. The van der Waals surface area contributed by atoms with Crippen LogP contribution in [0.2, 0.25) is 0 Å². The molecule has 106 valence electrons. The largest absolute Gasteiger partial charge is 0.467 e. The number of piperidine rings is 1. The van der Waals surface area contributed by atoms with Crippen LogP contribution in [0.25, 0.3) is 0 Å². The van der Waals surface area contributed by atoms with Crippen LogP contribution in [0.4, 0.5) is 15.8 Å². The summed E-state index contributed by atoms with van der Waals surface area (Å²) in [6.45, 7) is 2.80. The molecule has 20 heavy (non-hydrogen) atoms. The van der Waals surface area contributed by atoms with E-state index in [1.807, 2.05) is 25.1 Å². The predicted octanol–water partition coefficient (Wildman–Crippen LogP) is 4.16. The first-order chi connectivity index (χ1) is 9.75. The van der Waals surface area contributed by atoms with Gasteiger partial charge in [0.1, 0.15) is 11.6 Å². The van der Waals surface area contributed by atoms with Crippen LogP contribution in [0, 0.1) is 12.7 Å². The van der Waals surface area contributed by atoms with Crippen LogP contribution in [0.15, 0.2) is 41.0 Å². The van der Waals surface area contributed by atoms with Gasteiger partial charge in [0.15, 0.2) is 0 Å². The van der Waals surface area contributed by atoms with E-state index in [2.05, 4.69) is 10.2 Å². The Morgan fingerprint density at radius 3 is 2.85 bits per heavy atom. The van der Waals surface area contributed by atoms with Crippen molar-refractivity contribution in [1.29, 1.82) is 0 Å². The zero-order valence-electron chi connectivity index (χ0n) is 11.6. The van der Waals surface area contributed by atoms with Gasteiger partial charge >= 0.3 is 0 Å². The molecule has 3 nitrogen and oxygen atoms in total. The number of aryl methyl sites for hydroxylation is 1. The number of rotatable bonds is 3. The molecule has 0 aliphatic carbocycles. The molecule has 1 aliphatic heterocycles. The topological polar surface area (TPSA) is 28.4 Å². The number of anilines is 2. The van der Waals surface area contributed by atoms with Gasteiger partial charge in [0.2, 0.25) is 0 Å². The number of nitrogens with zero attached hydrogens (tertiary/aromatic N) is 1. The van der Waals surface area contributed by atoms with E-state index in [4.69, 9.17) is 4.42 Å². The van der Waals surface area contributed by atoms with E-state index in [-0.39, 0.29) is 12.0 Å². The van der Waals surface area contributed by atoms with Crippen LogP contribution in [-0.2, 0) is 0 Å². The van der Waals surface area contributed by atoms with Gasteiger partial charge in [-0.25, -0.2) is 4.39 Å². The molecule has 1 unspecified atom stereocenters. The lowest BCUT2D eigenvalue weighted by Gasteiger charge is -2.38. The predicted molar refractivity (Wildman–Crippen MR) is 78.5 cm³/mol. The van der Waals surface area contributed by atoms with Crippen molar-refractivity contribution in [3.8, 4) is 0 Å². The Balaban J connectivity index is 1.84. The van der Waals surface area contributed by atoms with Crippen LogP contribution < -0.4 is 10.2 Å². The second kappa shape index (κ2) is 5.57. The van der Waals surface area contributed by atoms with E-state index in [1.54, 1.807) is 12.3 Å². The van der Waals surface area contributed by atoms with Gasteiger partial charge in [0.25, 0.3) is 0 Å². The van der Waals surface area contributed by atoms with Crippen LogP contribution in [0.1, 0.15) is 25.0 Å². The van der Waals surface area contributed by atoms with Crippen molar-refractivity contribution in [2.24, 2.45) is 0 Å². The highest BCUT2D eigenvalue weighted by molar-refractivity contribution is 5.53. The molecule has 1 fully saturated rings. The summed E-state index contributed by atoms with van der Waals surface area (Å²) in [6.07, 6.45) is 5.03. The van der Waals surface area contributed by atoms with Gasteiger partial charge in [-0.2, -0.15) is 0 Å². The highest BCUT2D eigenvalue weighted by atomic mass is 19.1. The van der Waals surface area contributed by atoms with E-state index in [1.165, 1.54) is 6.07 Å². The summed E-state index contributed by atoms with van der Waals surface area (Å²) in [5.41, 5.74) is 1.66. The van der Waals surface area contributed by atoms with Crippen molar-refractivity contribution < 1.29 is 8.81 Å². The van der Waals surface area contributed by atoms with Crippen molar-refractivity contribution in [2.45, 2.75) is 32.4 Å². The smallest absolute Gasteiger partial charge is 0.146 e. The fourth-order valence-electron chi connectivity index (χ4n) is 2.77. The molecule has 1 aromatic carbocycles. The first-order valence-electron chi connectivity index (χ1n) is 7.07. The lowest BCUT2D eigenvalue weighted by Crippen LogP contribution is -2.45. The SMILES string of the molecule is Cc1occc1NC1CCCCN1c1ccccc1F. The number of hydrogen-bond donors (Lipinski definition) is 1. The maximum atomic E-state index is 14.0. The Morgan fingerprint density at radius 1 is 1.25 bits per heavy atom. The van der Waals surface area contributed by atoms with Crippen molar-refractivity contribution in [2.75, 3.05) is 16.8 Å². The van der Waals surface area contributed by atoms with Gasteiger partial charge in [-0.1, -0.05) is 12.1 Å². The average Bonchev–Trinajstić information content (AvgIpc) is 2.86. The third-order valence-electron chi connectivity index (χ3n) is 3.85. The lowest BCUT2D eigenvalue weighted by molar-refractivity contribution is 0.481. The Labute approximate surface area is 118 Å². The number of para-hydroxylation sites is 1. The zero-order valence-corrected chi connectivity index (χ0v) is 11.6. The van der Waals surface area contributed by atoms with Gasteiger partial charge < -0.3 is 14.6 Å². The zero-order chi connectivity index (χ0) is 13.9. The van der Waals surface area contributed by atoms with Crippen LogP contribution >= 0.6 is 0 Å². The van der Waals surface area contributed by atoms with Gasteiger partial charge in [-0.05, 0) is 44.4 Å². The van der Waals surface area contributed by atoms with Crippen molar-refractivity contribution in [1.82, 2.24) is 0 Å². The Kier molecular flexibility index (Phi) is 3.63. The highest BCUT2D eigenvalue weighted by Crippen LogP contribution is 2.28. The molecule has 1 N–H and O–H groups in total. The van der Waals surface area contributed by atoms with Gasteiger partial charge in [-0.15, -0.1) is 0 Å². The summed E-state index contributed by atoms with van der Waals surface area (Å²) in [4.78, 5) is 2.12. The monoisotopic (exact) mass is 274 g/mol. The van der Waals surface area contributed by atoms with E-state index >= 15 is 0 Å². The summed E-state index contributed by atoms with van der Waals surface area (Å²) >= 11 is 0. The first-order valence-corrected chi connectivity index (χ1v) is 7.07. The summed E-state index contributed by atoms with van der Waals surface area (Å²) in [6, 6.07) is 8.89. The summed E-state index contributed by atoms with van der Waals surface area (Å²) in [5.74, 6) is 0.703. The number of halogens is 1. The van der Waals surface area contributed by atoms with Gasteiger partial charge in [-0.3, -0.25) is 0 Å². The standard InChI is InChI=1S/C16H19FN2O/c1-12-14(9-11-20-12)18-16-8-4-5-10-19(16)15-7-3-2-6-13(15)17/h2-3,6-7,9,11,16,18H,4-5,8,10H2,1H3. The highest BCUT2D eigenvalue weighted by Gasteiger charge is 2.25. The Morgan fingerprint density at radius 2 is 2.10 bits per heavy atom. The van der Waals surface area contributed by atoms with Crippen molar-refractivity contribution in [3.63, 3.8) is 0 Å². The molecule has 4 heteroatoms. The van der Waals surface area contributed by atoms with Crippen LogP contribution in [0.5, 0.6) is 0 Å². The molecule has 2 aromatic rings.